The highest BCUT2D eigenvalue weighted by molar-refractivity contribution is 6.03. The van der Waals surface area contributed by atoms with Gasteiger partial charge in [0.15, 0.2) is 5.84 Å². The monoisotopic (exact) mass is 228 g/mol. The van der Waals surface area contributed by atoms with Crippen LogP contribution in [0.1, 0.15) is 13.8 Å². The zero-order chi connectivity index (χ0) is 13.1. The summed E-state index contributed by atoms with van der Waals surface area (Å²) in [7, 11) is 0. The summed E-state index contributed by atoms with van der Waals surface area (Å²) in [5, 5.41) is 0. The summed E-state index contributed by atoms with van der Waals surface area (Å²) >= 11 is 0. The van der Waals surface area contributed by atoms with Crippen LogP contribution in [0.5, 0.6) is 0 Å². The van der Waals surface area contributed by atoms with Gasteiger partial charge in [-0.2, -0.15) is 0 Å². The van der Waals surface area contributed by atoms with Crippen molar-refractivity contribution in [2.24, 2.45) is 9.98 Å². The summed E-state index contributed by atoms with van der Waals surface area (Å²) in [6.45, 7) is 15.5. The molecule has 2 nitrogen and oxygen atoms in total. The van der Waals surface area contributed by atoms with Gasteiger partial charge in [0.25, 0.3) is 0 Å². The van der Waals surface area contributed by atoms with Crippen molar-refractivity contribution in [3.63, 3.8) is 0 Å². The van der Waals surface area contributed by atoms with E-state index in [1.807, 2.05) is 38.2 Å². The molecule has 0 amide bonds. The van der Waals surface area contributed by atoms with Gasteiger partial charge in [-0.3, -0.25) is 4.99 Å². The van der Waals surface area contributed by atoms with Crippen LogP contribution < -0.4 is 0 Å². The highest BCUT2D eigenvalue weighted by Gasteiger charge is 1.99. The van der Waals surface area contributed by atoms with E-state index in [9.17, 15) is 0 Å². The van der Waals surface area contributed by atoms with Crippen LogP contribution in [0.15, 0.2) is 70.7 Å². The molecule has 0 rings (SSSR count). The third-order valence-corrected chi connectivity index (χ3v) is 2.14. The number of allylic oxidation sites excluding steroid dienone is 4. The van der Waals surface area contributed by atoms with Crippen LogP contribution in [0.2, 0.25) is 0 Å². The molecule has 0 radical (unpaired) electrons. The summed E-state index contributed by atoms with van der Waals surface area (Å²) in [6, 6.07) is 0. The van der Waals surface area contributed by atoms with E-state index in [-0.39, 0.29) is 0 Å². The largest absolute Gasteiger partial charge is 0.261 e. The lowest BCUT2D eigenvalue weighted by Crippen LogP contribution is -1.99. The molecule has 2 heteroatoms. The van der Waals surface area contributed by atoms with E-state index in [4.69, 9.17) is 0 Å². The summed E-state index contributed by atoms with van der Waals surface area (Å²) < 4.78 is 0. The molecule has 0 spiro atoms. The van der Waals surface area contributed by atoms with E-state index in [1.165, 1.54) is 0 Å². The van der Waals surface area contributed by atoms with Gasteiger partial charge >= 0.3 is 0 Å². The Hall–Kier alpha value is -1.96. The number of rotatable bonds is 6. The minimum atomic E-state index is 0.551. The van der Waals surface area contributed by atoms with Crippen LogP contribution in [0.25, 0.3) is 0 Å². The Labute approximate surface area is 104 Å². The standard InChI is InChI=1S/C15H20N2/c1-6-10-11-14(9-4)15(16-5)17-12-13(7-2)8-3/h6-11H,2,4-5,12H2,1,3H3/b10-6-,13-8+,14-11+,17-15?. The summed E-state index contributed by atoms with van der Waals surface area (Å²) in [4.78, 5) is 8.30. The van der Waals surface area contributed by atoms with Gasteiger partial charge in [0, 0.05) is 5.57 Å². The smallest absolute Gasteiger partial charge is 0.154 e. The average Bonchev–Trinajstić information content (AvgIpc) is 2.37. The lowest BCUT2D eigenvalue weighted by Gasteiger charge is -2.01. The van der Waals surface area contributed by atoms with Gasteiger partial charge in [-0.15, -0.1) is 0 Å². The van der Waals surface area contributed by atoms with Crippen molar-refractivity contribution >= 4 is 12.6 Å². The highest BCUT2D eigenvalue weighted by atomic mass is 14.9. The Bertz CT molecular complexity index is 393. The molecular weight excluding hydrogens is 208 g/mol. The molecule has 0 saturated heterocycles. The fraction of sp³-hybridized carbons (Fsp3) is 0.200. The van der Waals surface area contributed by atoms with Gasteiger partial charge in [0.2, 0.25) is 0 Å². The van der Waals surface area contributed by atoms with Crippen LogP contribution in [0.4, 0.5) is 0 Å². The van der Waals surface area contributed by atoms with Crippen molar-refractivity contribution in [3.05, 3.63) is 60.8 Å². The molecule has 0 unspecified atom stereocenters. The fourth-order valence-corrected chi connectivity index (χ4v) is 1.11. The Morgan fingerprint density at radius 1 is 1.18 bits per heavy atom. The summed E-state index contributed by atoms with van der Waals surface area (Å²) in [6.07, 6.45) is 11.2. The van der Waals surface area contributed by atoms with E-state index < -0.39 is 0 Å². The molecule has 0 saturated carbocycles. The van der Waals surface area contributed by atoms with Crippen LogP contribution in [0.3, 0.4) is 0 Å². The Morgan fingerprint density at radius 2 is 1.88 bits per heavy atom. The molecule has 90 valence electrons. The number of hydrogen-bond donors (Lipinski definition) is 0. The fourth-order valence-electron chi connectivity index (χ4n) is 1.11. The second-order valence-electron chi connectivity index (χ2n) is 3.22. The molecule has 0 aliphatic heterocycles. The third kappa shape index (κ3) is 5.61. The Kier molecular flexibility index (Phi) is 8.21. The molecule has 0 aliphatic rings. The maximum absolute atomic E-state index is 4.38. The third-order valence-electron chi connectivity index (χ3n) is 2.14. The predicted molar refractivity (Wildman–Crippen MR) is 78.9 cm³/mol. The SMILES string of the molecule is C=C/C(=C\C)CN=C(N=C)/C(C=C)=C/C=C\C. The molecule has 0 heterocycles. The number of amidine groups is 1. The maximum atomic E-state index is 4.38. The van der Waals surface area contributed by atoms with E-state index in [0.29, 0.717) is 12.4 Å². The van der Waals surface area contributed by atoms with Gasteiger partial charge in [0.05, 0.1) is 6.54 Å². The molecule has 17 heavy (non-hydrogen) atoms. The minimum Gasteiger partial charge on any atom is -0.261 e. The second-order valence-corrected chi connectivity index (χ2v) is 3.22. The highest BCUT2D eigenvalue weighted by Crippen LogP contribution is 2.04. The maximum Gasteiger partial charge on any atom is 0.154 e. The molecule has 0 N–H and O–H groups in total. The number of aliphatic imine (C=N–C) groups is 2. The topological polar surface area (TPSA) is 24.7 Å². The van der Waals surface area contributed by atoms with Crippen LogP contribution in [-0.2, 0) is 0 Å². The zero-order valence-electron chi connectivity index (χ0n) is 10.7. The van der Waals surface area contributed by atoms with E-state index in [0.717, 1.165) is 11.1 Å². The van der Waals surface area contributed by atoms with Crippen molar-refractivity contribution in [1.29, 1.82) is 0 Å². The summed E-state index contributed by atoms with van der Waals surface area (Å²) in [5.74, 6) is 0.597. The first-order valence-electron chi connectivity index (χ1n) is 5.48. The first-order valence-corrected chi connectivity index (χ1v) is 5.48. The molecule has 0 aromatic heterocycles. The van der Waals surface area contributed by atoms with Gasteiger partial charge in [0.1, 0.15) is 0 Å². The normalized spacial score (nSPS) is 13.9. The lowest BCUT2D eigenvalue weighted by molar-refractivity contribution is 1.16. The number of nitrogens with zero attached hydrogens (tertiary/aromatic N) is 2. The van der Waals surface area contributed by atoms with Crippen molar-refractivity contribution in [3.8, 4) is 0 Å². The average molecular weight is 228 g/mol. The van der Waals surface area contributed by atoms with Crippen molar-refractivity contribution < 1.29 is 0 Å². The minimum absolute atomic E-state index is 0.551. The predicted octanol–water partition coefficient (Wildman–Crippen LogP) is 3.91. The van der Waals surface area contributed by atoms with Crippen molar-refractivity contribution in [1.82, 2.24) is 0 Å². The molecule has 0 fully saturated rings. The Balaban J connectivity index is 5.04. The van der Waals surface area contributed by atoms with E-state index in [1.54, 1.807) is 12.2 Å². The molecule has 0 atom stereocenters. The van der Waals surface area contributed by atoms with Gasteiger partial charge < -0.3 is 0 Å². The lowest BCUT2D eigenvalue weighted by atomic mass is 10.2. The van der Waals surface area contributed by atoms with Crippen LogP contribution in [0, 0.1) is 0 Å². The van der Waals surface area contributed by atoms with Gasteiger partial charge in [-0.05, 0) is 26.1 Å². The molecule has 0 aliphatic carbocycles. The first-order chi connectivity index (χ1) is 8.23. The second kappa shape index (κ2) is 9.28. The first kappa shape index (κ1) is 15.0. The van der Waals surface area contributed by atoms with Crippen molar-refractivity contribution in [2.45, 2.75) is 13.8 Å². The molecular formula is C15H20N2. The van der Waals surface area contributed by atoms with Crippen molar-refractivity contribution in [2.75, 3.05) is 6.54 Å². The number of hydrogen-bond acceptors (Lipinski definition) is 1. The zero-order valence-corrected chi connectivity index (χ0v) is 10.7. The van der Waals surface area contributed by atoms with E-state index in [2.05, 4.69) is 29.9 Å². The summed E-state index contributed by atoms with van der Waals surface area (Å²) in [5.41, 5.74) is 1.92. The molecule has 0 bridgehead atoms. The molecule has 0 aromatic rings. The molecule has 0 aromatic carbocycles. The van der Waals surface area contributed by atoms with Crippen LogP contribution in [-0.4, -0.2) is 19.1 Å². The van der Waals surface area contributed by atoms with E-state index >= 15 is 0 Å². The van der Waals surface area contributed by atoms with Gasteiger partial charge in [-0.25, -0.2) is 4.99 Å². The van der Waals surface area contributed by atoms with Crippen LogP contribution >= 0.6 is 0 Å². The Morgan fingerprint density at radius 3 is 2.29 bits per heavy atom. The van der Waals surface area contributed by atoms with Gasteiger partial charge in [-0.1, -0.05) is 49.6 Å². The quantitative estimate of drug-likeness (QED) is 0.374.